The predicted molar refractivity (Wildman–Crippen MR) is 53.6 cm³/mol. The van der Waals surface area contributed by atoms with Gasteiger partial charge in [0.25, 0.3) is 0 Å². The van der Waals surface area contributed by atoms with Gasteiger partial charge in [-0.1, -0.05) is 13.8 Å². The quantitative estimate of drug-likeness (QED) is 0.542. The topological polar surface area (TPSA) is 47.2 Å². The molecule has 1 aromatic rings. The fraction of sp³-hybridized carbons (Fsp3) is 0.600. The molecule has 0 aliphatic rings. The summed E-state index contributed by atoms with van der Waals surface area (Å²) in [6, 6.07) is -0.145. The van der Waals surface area contributed by atoms with E-state index >= 15 is 0 Å². The summed E-state index contributed by atoms with van der Waals surface area (Å²) in [5.74, 6) is 0.563. The monoisotopic (exact) mass is 193 g/mol. The number of hydrogen-bond donors (Lipinski definition) is 0. The molecule has 0 aromatic carbocycles. The normalized spacial score (nSPS) is 12.6. The summed E-state index contributed by atoms with van der Waals surface area (Å²) in [5, 5.41) is 4.19. The standard InChI is InChI=1S/C10H15N3O/c1-8(2)5-13-6-10(4-12-13)9(3)11-7-14/h4,6,8-9H,5H2,1-3H3. The molecule has 0 N–H and O–H groups in total. The van der Waals surface area contributed by atoms with Gasteiger partial charge in [-0.2, -0.15) is 10.1 Å². The van der Waals surface area contributed by atoms with Gasteiger partial charge in [0.15, 0.2) is 0 Å². The van der Waals surface area contributed by atoms with Gasteiger partial charge in [0.1, 0.15) is 0 Å². The minimum atomic E-state index is -0.145. The summed E-state index contributed by atoms with van der Waals surface area (Å²) in [5.41, 5.74) is 0.953. The Morgan fingerprint density at radius 3 is 2.86 bits per heavy atom. The largest absolute Gasteiger partial charge is 0.272 e. The number of aliphatic imine (C=N–C) groups is 1. The summed E-state index contributed by atoms with van der Waals surface area (Å²) in [4.78, 5) is 13.7. The first-order valence-corrected chi connectivity index (χ1v) is 4.72. The predicted octanol–water partition coefficient (Wildman–Crippen LogP) is 1.94. The Kier molecular flexibility index (Phi) is 3.60. The van der Waals surface area contributed by atoms with Crippen molar-refractivity contribution in [1.29, 1.82) is 0 Å². The molecule has 1 heterocycles. The van der Waals surface area contributed by atoms with E-state index in [1.165, 1.54) is 0 Å². The second kappa shape index (κ2) is 4.72. The third-order valence-corrected chi connectivity index (χ3v) is 1.93. The van der Waals surface area contributed by atoms with Gasteiger partial charge in [-0.15, -0.1) is 0 Å². The average Bonchev–Trinajstić information content (AvgIpc) is 2.52. The average molecular weight is 193 g/mol. The van der Waals surface area contributed by atoms with E-state index in [2.05, 4.69) is 23.9 Å². The highest BCUT2D eigenvalue weighted by atomic mass is 16.1. The second-order valence-corrected chi connectivity index (χ2v) is 3.79. The van der Waals surface area contributed by atoms with Crippen LogP contribution in [0.15, 0.2) is 17.4 Å². The van der Waals surface area contributed by atoms with Crippen LogP contribution < -0.4 is 0 Å². The van der Waals surface area contributed by atoms with Crippen molar-refractivity contribution in [2.75, 3.05) is 0 Å². The van der Waals surface area contributed by atoms with E-state index in [9.17, 15) is 4.79 Å². The van der Waals surface area contributed by atoms with Crippen LogP contribution in [0.5, 0.6) is 0 Å². The third kappa shape index (κ3) is 2.82. The number of aromatic nitrogens is 2. The maximum Gasteiger partial charge on any atom is 0.235 e. The highest BCUT2D eigenvalue weighted by Crippen LogP contribution is 2.14. The number of carbonyl (C=O) groups excluding carboxylic acids is 1. The van der Waals surface area contributed by atoms with Crippen LogP contribution in [0.3, 0.4) is 0 Å². The Labute approximate surface area is 83.7 Å². The van der Waals surface area contributed by atoms with E-state index in [1.807, 2.05) is 17.8 Å². The van der Waals surface area contributed by atoms with E-state index in [-0.39, 0.29) is 6.04 Å². The summed E-state index contributed by atoms with van der Waals surface area (Å²) in [6.07, 6.45) is 5.22. The molecule has 1 atom stereocenters. The van der Waals surface area contributed by atoms with Crippen LogP contribution in [-0.4, -0.2) is 15.9 Å². The molecule has 76 valence electrons. The molecular formula is C10H15N3O. The summed E-state index contributed by atoms with van der Waals surface area (Å²) >= 11 is 0. The van der Waals surface area contributed by atoms with Gasteiger partial charge in [0.05, 0.1) is 12.2 Å². The molecule has 4 nitrogen and oxygen atoms in total. The van der Waals surface area contributed by atoms with E-state index in [4.69, 9.17) is 0 Å². The first kappa shape index (κ1) is 10.7. The Bertz CT molecular complexity index is 337. The Morgan fingerprint density at radius 2 is 2.29 bits per heavy atom. The Balaban J connectivity index is 2.72. The van der Waals surface area contributed by atoms with Crippen LogP contribution in [0.1, 0.15) is 32.4 Å². The van der Waals surface area contributed by atoms with Gasteiger partial charge >= 0.3 is 0 Å². The Morgan fingerprint density at radius 1 is 1.57 bits per heavy atom. The molecule has 0 spiro atoms. The summed E-state index contributed by atoms with van der Waals surface area (Å²) in [7, 11) is 0. The fourth-order valence-corrected chi connectivity index (χ4v) is 1.22. The van der Waals surface area contributed by atoms with Crippen LogP contribution in [0.25, 0.3) is 0 Å². The van der Waals surface area contributed by atoms with Crippen LogP contribution in [0, 0.1) is 5.92 Å². The zero-order chi connectivity index (χ0) is 10.6. The highest BCUT2D eigenvalue weighted by molar-refractivity contribution is 5.34. The molecule has 0 aliphatic heterocycles. The van der Waals surface area contributed by atoms with Crippen molar-refractivity contribution >= 4 is 6.08 Å². The lowest BCUT2D eigenvalue weighted by Gasteiger charge is -2.03. The summed E-state index contributed by atoms with van der Waals surface area (Å²) < 4.78 is 1.87. The molecule has 1 rings (SSSR count). The van der Waals surface area contributed by atoms with E-state index in [0.717, 1.165) is 12.1 Å². The van der Waals surface area contributed by atoms with Gasteiger partial charge in [0.2, 0.25) is 6.08 Å². The molecule has 0 amide bonds. The minimum Gasteiger partial charge on any atom is -0.272 e. The van der Waals surface area contributed by atoms with Gasteiger partial charge in [-0.3, -0.25) is 4.68 Å². The molecule has 0 saturated carbocycles. The van der Waals surface area contributed by atoms with Crippen LogP contribution in [-0.2, 0) is 11.3 Å². The van der Waals surface area contributed by atoms with Crippen LogP contribution >= 0.6 is 0 Å². The Hall–Kier alpha value is -1.41. The van der Waals surface area contributed by atoms with Crippen molar-refractivity contribution in [3.05, 3.63) is 18.0 Å². The van der Waals surface area contributed by atoms with Gasteiger partial charge in [-0.05, 0) is 12.8 Å². The highest BCUT2D eigenvalue weighted by Gasteiger charge is 2.06. The SMILES string of the molecule is CC(C)Cn1cc(C(C)N=C=O)cn1. The van der Waals surface area contributed by atoms with Gasteiger partial charge in [0, 0.05) is 18.3 Å². The van der Waals surface area contributed by atoms with Crippen LogP contribution in [0.2, 0.25) is 0 Å². The number of hydrogen-bond acceptors (Lipinski definition) is 3. The van der Waals surface area contributed by atoms with E-state index < -0.39 is 0 Å². The number of nitrogens with zero attached hydrogens (tertiary/aromatic N) is 3. The molecular weight excluding hydrogens is 178 g/mol. The van der Waals surface area contributed by atoms with Crippen molar-refractivity contribution in [3.63, 3.8) is 0 Å². The van der Waals surface area contributed by atoms with Crippen molar-refractivity contribution in [3.8, 4) is 0 Å². The van der Waals surface area contributed by atoms with Crippen LogP contribution in [0.4, 0.5) is 0 Å². The zero-order valence-corrected chi connectivity index (χ0v) is 8.77. The molecule has 0 fully saturated rings. The first-order chi connectivity index (χ1) is 6.63. The first-order valence-electron chi connectivity index (χ1n) is 4.72. The molecule has 0 aliphatic carbocycles. The molecule has 14 heavy (non-hydrogen) atoms. The second-order valence-electron chi connectivity index (χ2n) is 3.79. The molecule has 0 saturated heterocycles. The smallest absolute Gasteiger partial charge is 0.235 e. The van der Waals surface area contributed by atoms with Gasteiger partial charge in [-0.25, -0.2) is 4.79 Å². The third-order valence-electron chi connectivity index (χ3n) is 1.93. The fourth-order valence-electron chi connectivity index (χ4n) is 1.22. The van der Waals surface area contributed by atoms with Crippen molar-refractivity contribution < 1.29 is 4.79 Å². The molecule has 0 radical (unpaired) electrons. The molecule has 1 unspecified atom stereocenters. The lowest BCUT2D eigenvalue weighted by atomic mass is 10.2. The maximum atomic E-state index is 10.1. The lowest BCUT2D eigenvalue weighted by Crippen LogP contribution is -2.04. The molecule has 0 bridgehead atoms. The summed E-state index contributed by atoms with van der Waals surface area (Å²) in [6.45, 7) is 7.00. The number of isocyanates is 1. The maximum absolute atomic E-state index is 10.1. The lowest BCUT2D eigenvalue weighted by molar-refractivity contribution is 0.482. The van der Waals surface area contributed by atoms with Crippen molar-refractivity contribution in [1.82, 2.24) is 9.78 Å². The van der Waals surface area contributed by atoms with Crippen molar-refractivity contribution in [2.45, 2.75) is 33.4 Å². The van der Waals surface area contributed by atoms with E-state index in [0.29, 0.717) is 5.92 Å². The van der Waals surface area contributed by atoms with E-state index in [1.54, 1.807) is 12.3 Å². The zero-order valence-electron chi connectivity index (χ0n) is 8.77. The number of rotatable bonds is 4. The van der Waals surface area contributed by atoms with Gasteiger partial charge < -0.3 is 0 Å². The molecule has 1 aromatic heterocycles. The van der Waals surface area contributed by atoms with Crippen molar-refractivity contribution in [2.24, 2.45) is 10.9 Å². The molecule has 4 heteroatoms. The minimum absolute atomic E-state index is 0.145.